The predicted octanol–water partition coefficient (Wildman–Crippen LogP) is 5.74. The molecule has 2 rings (SSSR count). The van der Waals surface area contributed by atoms with E-state index >= 15 is 0 Å². The van der Waals surface area contributed by atoms with Crippen LogP contribution >= 0.6 is 0 Å². The lowest BCUT2D eigenvalue weighted by molar-refractivity contribution is 0.272. The van der Waals surface area contributed by atoms with Crippen LogP contribution in [0.25, 0.3) is 0 Å². The normalized spacial score (nSPS) is 29.4. The number of hydrogen-bond acceptors (Lipinski definition) is 1. The zero-order valence-electron chi connectivity index (χ0n) is 14.1. The molecule has 0 N–H and O–H groups in total. The molecule has 0 heterocycles. The molecule has 114 valence electrons. The van der Waals surface area contributed by atoms with Gasteiger partial charge in [-0.1, -0.05) is 50.3 Å². The van der Waals surface area contributed by atoms with Gasteiger partial charge in [0.2, 0.25) is 0 Å². The van der Waals surface area contributed by atoms with E-state index in [0.717, 1.165) is 5.75 Å². The smallest absolute Gasteiger partial charge is 0.118 e. The van der Waals surface area contributed by atoms with Crippen molar-refractivity contribution >= 4 is 0 Å². The van der Waals surface area contributed by atoms with Crippen molar-refractivity contribution in [2.75, 3.05) is 7.11 Å². The van der Waals surface area contributed by atoms with E-state index in [1.54, 1.807) is 7.11 Å². The Morgan fingerprint density at radius 1 is 1.00 bits per heavy atom. The van der Waals surface area contributed by atoms with Crippen molar-refractivity contribution in [2.45, 2.75) is 46.5 Å². The molecule has 0 amide bonds. The molecule has 1 nitrogen and oxygen atoms in total. The van der Waals surface area contributed by atoms with Crippen LogP contribution < -0.4 is 4.74 Å². The number of allylic oxidation sites excluding steroid dienone is 2. The fourth-order valence-corrected chi connectivity index (χ4v) is 3.96. The molecule has 1 aromatic carbocycles. The van der Waals surface area contributed by atoms with Gasteiger partial charge >= 0.3 is 0 Å². The van der Waals surface area contributed by atoms with Gasteiger partial charge in [-0.3, -0.25) is 0 Å². The summed E-state index contributed by atoms with van der Waals surface area (Å²) in [4.78, 5) is 0. The SMILES string of the molecule is C=C(C)[C@]1(C)CC[C@@](C)(C(=C)C)C1c1ccc(OC)cc1. The fourth-order valence-electron chi connectivity index (χ4n) is 3.96. The molecule has 2 atom stereocenters. The molecule has 0 bridgehead atoms. The zero-order valence-corrected chi connectivity index (χ0v) is 14.1. The lowest BCUT2D eigenvalue weighted by atomic mass is 9.62. The van der Waals surface area contributed by atoms with Crippen LogP contribution in [-0.2, 0) is 0 Å². The second-order valence-corrected chi connectivity index (χ2v) is 7.10. The average molecular weight is 284 g/mol. The van der Waals surface area contributed by atoms with Gasteiger partial charge in [-0.15, -0.1) is 0 Å². The van der Waals surface area contributed by atoms with Gasteiger partial charge in [-0.05, 0) is 55.2 Å². The second kappa shape index (κ2) is 5.36. The molecule has 21 heavy (non-hydrogen) atoms. The van der Waals surface area contributed by atoms with Crippen molar-refractivity contribution in [3.05, 3.63) is 54.1 Å². The zero-order chi connectivity index (χ0) is 15.8. The molecule has 1 fully saturated rings. The van der Waals surface area contributed by atoms with Gasteiger partial charge in [0, 0.05) is 5.92 Å². The van der Waals surface area contributed by atoms with Crippen LogP contribution in [0.4, 0.5) is 0 Å². The Balaban J connectivity index is 2.55. The van der Waals surface area contributed by atoms with Gasteiger partial charge in [-0.25, -0.2) is 0 Å². The highest BCUT2D eigenvalue weighted by atomic mass is 16.5. The molecule has 0 unspecified atom stereocenters. The Labute approximate surface area is 129 Å². The minimum atomic E-state index is 0.127. The molecule has 1 saturated carbocycles. The first-order valence-corrected chi connectivity index (χ1v) is 7.71. The molecular formula is C20H28O. The average Bonchev–Trinajstić information content (AvgIpc) is 2.74. The number of benzene rings is 1. The number of rotatable bonds is 4. The summed E-state index contributed by atoms with van der Waals surface area (Å²) in [7, 11) is 1.71. The van der Waals surface area contributed by atoms with E-state index in [0.29, 0.717) is 5.92 Å². The Morgan fingerprint density at radius 2 is 1.43 bits per heavy atom. The van der Waals surface area contributed by atoms with Gasteiger partial charge in [-0.2, -0.15) is 0 Å². The van der Waals surface area contributed by atoms with Gasteiger partial charge < -0.3 is 4.74 Å². The number of hydrogen-bond donors (Lipinski definition) is 0. The standard InChI is InChI=1S/C20H28O/c1-14(2)19(5)12-13-20(6,15(3)4)18(19)16-8-10-17(21-7)11-9-16/h8-11,18H,1,3,12-13H2,2,4-7H3/t19-,20-/m0/s1. The van der Waals surface area contributed by atoms with Crippen LogP contribution in [0.15, 0.2) is 48.6 Å². The van der Waals surface area contributed by atoms with Gasteiger partial charge in [0.25, 0.3) is 0 Å². The number of methoxy groups -OCH3 is 1. The van der Waals surface area contributed by atoms with Crippen LogP contribution in [0.2, 0.25) is 0 Å². The Bertz CT molecular complexity index is 526. The second-order valence-electron chi connectivity index (χ2n) is 7.10. The van der Waals surface area contributed by atoms with Gasteiger partial charge in [0.1, 0.15) is 5.75 Å². The Hall–Kier alpha value is -1.50. The van der Waals surface area contributed by atoms with Crippen LogP contribution in [0.5, 0.6) is 5.75 Å². The molecular weight excluding hydrogens is 256 g/mol. The summed E-state index contributed by atoms with van der Waals surface area (Å²) >= 11 is 0. The van der Waals surface area contributed by atoms with Crippen molar-refractivity contribution in [3.8, 4) is 5.75 Å². The summed E-state index contributed by atoms with van der Waals surface area (Å²) in [6, 6.07) is 8.53. The molecule has 0 spiro atoms. The van der Waals surface area contributed by atoms with E-state index in [-0.39, 0.29) is 10.8 Å². The van der Waals surface area contributed by atoms with Gasteiger partial charge in [0.05, 0.1) is 7.11 Å². The first-order valence-electron chi connectivity index (χ1n) is 7.71. The summed E-state index contributed by atoms with van der Waals surface area (Å²) in [6.45, 7) is 17.6. The molecule has 0 saturated heterocycles. The molecule has 1 heteroatoms. The van der Waals surface area contributed by atoms with E-state index in [9.17, 15) is 0 Å². The van der Waals surface area contributed by atoms with Crippen molar-refractivity contribution in [1.82, 2.24) is 0 Å². The van der Waals surface area contributed by atoms with Crippen LogP contribution in [0.3, 0.4) is 0 Å². The topological polar surface area (TPSA) is 9.23 Å². The third-order valence-electron chi connectivity index (χ3n) is 5.84. The van der Waals surface area contributed by atoms with E-state index < -0.39 is 0 Å². The van der Waals surface area contributed by atoms with E-state index in [2.05, 4.69) is 65.1 Å². The van der Waals surface area contributed by atoms with E-state index in [1.807, 2.05) is 0 Å². The largest absolute Gasteiger partial charge is 0.497 e. The van der Waals surface area contributed by atoms with Crippen molar-refractivity contribution in [3.63, 3.8) is 0 Å². The molecule has 1 aromatic rings. The fraction of sp³-hybridized carbons (Fsp3) is 0.500. The lowest BCUT2D eigenvalue weighted by Crippen LogP contribution is -2.30. The van der Waals surface area contributed by atoms with Gasteiger partial charge in [0.15, 0.2) is 0 Å². The molecule has 0 aromatic heterocycles. The maximum absolute atomic E-state index is 5.30. The third-order valence-corrected chi connectivity index (χ3v) is 5.84. The van der Waals surface area contributed by atoms with Crippen molar-refractivity contribution < 1.29 is 4.74 Å². The monoisotopic (exact) mass is 284 g/mol. The first kappa shape index (κ1) is 15.9. The van der Waals surface area contributed by atoms with Crippen LogP contribution in [-0.4, -0.2) is 7.11 Å². The number of ether oxygens (including phenoxy) is 1. The minimum Gasteiger partial charge on any atom is -0.497 e. The first-order chi connectivity index (χ1) is 9.75. The predicted molar refractivity (Wildman–Crippen MR) is 90.8 cm³/mol. The maximum Gasteiger partial charge on any atom is 0.118 e. The molecule has 0 aliphatic heterocycles. The van der Waals surface area contributed by atoms with E-state index in [1.165, 1.54) is 29.6 Å². The summed E-state index contributed by atoms with van der Waals surface area (Å²) in [6.07, 6.45) is 2.34. The summed E-state index contributed by atoms with van der Waals surface area (Å²) in [5, 5.41) is 0. The molecule has 0 radical (unpaired) electrons. The highest BCUT2D eigenvalue weighted by molar-refractivity contribution is 5.38. The maximum atomic E-state index is 5.30. The minimum absolute atomic E-state index is 0.127. The Morgan fingerprint density at radius 3 is 1.76 bits per heavy atom. The molecule has 1 aliphatic rings. The molecule has 1 aliphatic carbocycles. The summed E-state index contributed by atoms with van der Waals surface area (Å²) < 4.78 is 5.30. The third kappa shape index (κ3) is 2.43. The summed E-state index contributed by atoms with van der Waals surface area (Å²) in [5.74, 6) is 1.33. The van der Waals surface area contributed by atoms with Crippen LogP contribution in [0.1, 0.15) is 52.0 Å². The summed E-state index contributed by atoms with van der Waals surface area (Å²) in [5.41, 5.74) is 4.16. The van der Waals surface area contributed by atoms with Crippen molar-refractivity contribution in [2.24, 2.45) is 10.8 Å². The Kier molecular flexibility index (Phi) is 4.06. The lowest BCUT2D eigenvalue weighted by Gasteiger charge is -2.41. The van der Waals surface area contributed by atoms with Crippen LogP contribution in [0, 0.1) is 10.8 Å². The quantitative estimate of drug-likeness (QED) is 0.641. The van der Waals surface area contributed by atoms with Crippen molar-refractivity contribution in [1.29, 1.82) is 0 Å². The highest BCUT2D eigenvalue weighted by Gasteiger charge is 2.53. The van der Waals surface area contributed by atoms with E-state index in [4.69, 9.17) is 4.74 Å². The highest BCUT2D eigenvalue weighted by Crippen LogP contribution is 2.64.